The third kappa shape index (κ3) is 5.06. The highest BCUT2D eigenvalue weighted by atomic mass is 35.5. The van der Waals surface area contributed by atoms with Crippen molar-refractivity contribution in [2.45, 2.75) is 46.1 Å². The van der Waals surface area contributed by atoms with Crippen LogP contribution >= 0.6 is 11.6 Å². The van der Waals surface area contributed by atoms with E-state index in [1.54, 1.807) is 11.2 Å². The molecule has 0 N–H and O–H groups in total. The van der Waals surface area contributed by atoms with E-state index in [1.807, 2.05) is 56.4 Å². The van der Waals surface area contributed by atoms with Crippen LogP contribution in [0.25, 0.3) is 16.4 Å². The number of rotatable bonds is 5. The number of nitrogens with zero attached hydrogens (tertiary/aromatic N) is 4. The molecule has 8 nitrogen and oxygen atoms in total. The molecule has 0 aliphatic carbocycles. The number of fused-ring (bicyclic) bond motifs is 3. The number of hydrogen-bond donors (Lipinski definition) is 0. The lowest BCUT2D eigenvalue weighted by Gasteiger charge is -2.37. The van der Waals surface area contributed by atoms with Crippen molar-refractivity contribution >= 4 is 45.8 Å². The summed E-state index contributed by atoms with van der Waals surface area (Å²) < 4.78 is 12.8. The number of anilines is 1. The zero-order valence-electron chi connectivity index (χ0n) is 20.1. The Morgan fingerprint density at radius 2 is 1.82 bits per heavy atom. The lowest BCUT2D eigenvalue weighted by Crippen LogP contribution is -2.50. The monoisotopic (exact) mass is 486 g/mol. The Bertz CT molecular complexity index is 1210. The van der Waals surface area contributed by atoms with Crippen molar-refractivity contribution in [2.24, 2.45) is 0 Å². The molecule has 4 rings (SSSR count). The third-order valence-electron chi connectivity index (χ3n) is 5.77. The number of pyridine rings is 1. The number of amides is 1. The zero-order chi connectivity index (χ0) is 24.5. The molecule has 0 saturated carbocycles. The van der Waals surface area contributed by atoms with Gasteiger partial charge >= 0.3 is 12.1 Å². The second-order valence-corrected chi connectivity index (χ2v) is 9.92. The van der Waals surface area contributed by atoms with Crippen LogP contribution in [0.3, 0.4) is 0 Å². The van der Waals surface area contributed by atoms with Gasteiger partial charge in [-0.1, -0.05) is 24.9 Å². The predicted molar refractivity (Wildman–Crippen MR) is 133 cm³/mol. The highest BCUT2D eigenvalue weighted by Crippen LogP contribution is 2.33. The number of imidazole rings is 1. The average molecular weight is 487 g/mol. The Hall–Kier alpha value is -3.00. The Kier molecular flexibility index (Phi) is 6.89. The summed E-state index contributed by atoms with van der Waals surface area (Å²) in [6.07, 6.45) is 3.10. The molecular weight excluding hydrogens is 456 g/mol. The number of hydrogen-bond acceptors (Lipinski definition) is 6. The summed E-state index contributed by atoms with van der Waals surface area (Å²) in [4.78, 5) is 33.5. The van der Waals surface area contributed by atoms with Gasteiger partial charge in [0.15, 0.2) is 5.69 Å². The number of esters is 1. The number of halogens is 1. The maximum absolute atomic E-state index is 12.7. The zero-order valence-corrected chi connectivity index (χ0v) is 20.9. The maximum Gasteiger partial charge on any atom is 0.410 e. The molecule has 3 heterocycles. The van der Waals surface area contributed by atoms with Crippen molar-refractivity contribution in [3.05, 3.63) is 41.3 Å². The van der Waals surface area contributed by atoms with E-state index in [4.69, 9.17) is 21.1 Å². The second-order valence-electron chi connectivity index (χ2n) is 9.48. The Morgan fingerprint density at radius 1 is 1.09 bits per heavy atom. The van der Waals surface area contributed by atoms with Gasteiger partial charge in [-0.2, -0.15) is 0 Å². The summed E-state index contributed by atoms with van der Waals surface area (Å²) in [5.74, 6) is -0.426. The molecule has 0 radical (unpaired) electrons. The van der Waals surface area contributed by atoms with E-state index >= 15 is 0 Å². The van der Waals surface area contributed by atoms with Crippen LogP contribution in [0, 0.1) is 0 Å². The first-order valence-corrected chi connectivity index (χ1v) is 12.0. The van der Waals surface area contributed by atoms with Crippen LogP contribution in [0.15, 0.2) is 30.6 Å². The smallest absolute Gasteiger partial charge is 0.410 e. The van der Waals surface area contributed by atoms with Gasteiger partial charge in [-0.25, -0.2) is 14.6 Å². The number of benzene rings is 1. The third-order valence-corrected chi connectivity index (χ3v) is 6.00. The molecule has 1 amide bonds. The molecule has 3 aromatic rings. The van der Waals surface area contributed by atoms with Crippen molar-refractivity contribution < 1.29 is 19.1 Å². The Labute approximate surface area is 204 Å². The van der Waals surface area contributed by atoms with Crippen molar-refractivity contribution in [3.8, 4) is 0 Å². The molecule has 0 spiro atoms. The van der Waals surface area contributed by atoms with Gasteiger partial charge in [-0.3, -0.25) is 4.40 Å². The molecule has 1 fully saturated rings. The fourth-order valence-electron chi connectivity index (χ4n) is 4.07. The minimum absolute atomic E-state index is 0.293. The fourth-order valence-corrected chi connectivity index (χ4v) is 4.24. The quantitative estimate of drug-likeness (QED) is 0.366. The van der Waals surface area contributed by atoms with Gasteiger partial charge < -0.3 is 19.3 Å². The van der Waals surface area contributed by atoms with Gasteiger partial charge in [-0.05, 0) is 51.5 Å². The van der Waals surface area contributed by atoms with Crippen LogP contribution in [-0.4, -0.2) is 64.7 Å². The summed E-state index contributed by atoms with van der Waals surface area (Å²) >= 11 is 6.35. The number of carbonyl (C=O) groups is 2. The van der Waals surface area contributed by atoms with E-state index in [1.165, 1.54) is 0 Å². The molecule has 0 atom stereocenters. The van der Waals surface area contributed by atoms with Gasteiger partial charge in [-0.15, -0.1) is 0 Å². The molecule has 9 heteroatoms. The number of carbonyl (C=O) groups excluding carboxylic acids is 2. The standard InChI is InChI=1S/C25H31ClN4O4/c1-5-6-13-33-23(31)22-21-15-20(18-14-17(26)7-8-19(18)30(21)16-27-22)28-9-11-29(12-10-28)24(32)34-25(2,3)4/h7-8,14-16H,5-6,9-13H2,1-4H3. The van der Waals surface area contributed by atoms with Gasteiger partial charge in [0.2, 0.25) is 0 Å². The molecule has 1 aromatic carbocycles. The minimum Gasteiger partial charge on any atom is -0.461 e. The molecular formula is C25H31ClN4O4. The molecule has 1 saturated heterocycles. The maximum atomic E-state index is 12.7. The molecule has 1 aliphatic rings. The van der Waals surface area contributed by atoms with Crippen LogP contribution < -0.4 is 4.90 Å². The molecule has 34 heavy (non-hydrogen) atoms. The first kappa shape index (κ1) is 24.1. The Balaban J connectivity index is 1.66. The summed E-state index contributed by atoms with van der Waals surface area (Å²) in [6, 6.07) is 7.64. The minimum atomic E-state index is -0.531. The highest BCUT2D eigenvalue weighted by Gasteiger charge is 2.27. The van der Waals surface area contributed by atoms with Crippen LogP contribution in [-0.2, 0) is 9.47 Å². The predicted octanol–water partition coefficient (Wildman–Crippen LogP) is 5.15. The first-order chi connectivity index (χ1) is 16.2. The number of unbranched alkanes of at least 4 members (excludes halogenated alkanes) is 1. The molecule has 0 bridgehead atoms. The van der Waals surface area contributed by atoms with E-state index < -0.39 is 11.6 Å². The summed E-state index contributed by atoms with van der Waals surface area (Å²) in [5, 5.41) is 1.58. The normalized spacial score (nSPS) is 14.6. The van der Waals surface area contributed by atoms with E-state index in [0.717, 1.165) is 29.4 Å². The van der Waals surface area contributed by atoms with Crippen LogP contribution in [0.1, 0.15) is 51.0 Å². The first-order valence-electron chi connectivity index (χ1n) is 11.7. The highest BCUT2D eigenvalue weighted by molar-refractivity contribution is 6.31. The number of aromatic nitrogens is 2. The molecule has 1 aliphatic heterocycles. The van der Waals surface area contributed by atoms with E-state index in [9.17, 15) is 9.59 Å². The second kappa shape index (κ2) is 9.70. The van der Waals surface area contributed by atoms with Gasteiger partial charge in [0.05, 0.1) is 17.6 Å². The topological polar surface area (TPSA) is 76.4 Å². The van der Waals surface area contributed by atoms with Crippen molar-refractivity contribution in [1.29, 1.82) is 0 Å². The number of piperazine rings is 1. The SMILES string of the molecule is CCCCOC(=O)c1ncn2c1cc(N1CCN(C(=O)OC(C)(C)C)CC1)c1cc(Cl)ccc12. The van der Waals surface area contributed by atoms with Crippen LogP contribution in [0.4, 0.5) is 10.5 Å². The fraction of sp³-hybridized carbons (Fsp3) is 0.480. The lowest BCUT2D eigenvalue weighted by molar-refractivity contribution is 0.0240. The summed E-state index contributed by atoms with van der Waals surface area (Å²) in [7, 11) is 0. The molecule has 0 unspecified atom stereocenters. The van der Waals surface area contributed by atoms with E-state index in [2.05, 4.69) is 9.88 Å². The number of ether oxygens (including phenoxy) is 2. The summed E-state index contributed by atoms with van der Waals surface area (Å²) in [6.45, 7) is 10.3. The Morgan fingerprint density at radius 3 is 2.50 bits per heavy atom. The molecule has 182 valence electrons. The van der Waals surface area contributed by atoms with E-state index in [0.29, 0.717) is 49.0 Å². The van der Waals surface area contributed by atoms with Crippen LogP contribution in [0.2, 0.25) is 5.02 Å². The average Bonchev–Trinajstić information content (AvgIpc) is 3.21. The van der Waals surface area contributed by atoms with Crippen LogP contribution in [0.5, 0.6) is 0 Å². The van der Waals surface area contributed by atoms with Gasteiger partial charge in [0.25, 0.3) is 0 Å². The van der Waals surface area contributed by atoms with E-state index in [-0.39, 0.29) is 6.09 Å². The van der Waals surface area contributed by atoms with Crippen molar-refractivity contribution in [1.82, 2.24) is 14.3 Å². The van der Waals surface area contributed by atoms with Gasteiger partial charge in [0, 0.05) is 42.3 Å². The molecule has 2 aromatic heterocycles. The van der Waals surface area contributed by atoms with Crippen molar-refractivity contribution in [3.63, 3.8) is 0 Å². The largest absolute Gasteiger partial charge is 0.461 e. The summed E-state index contributed by atoms with van der Waals surface area (Å²) in [5.41, 5.74) is 2.28. The van der Waals surface area contributed by atoms with Crippen molar-refractivity contribution in [2.75, 3.05) is 37.7 Å². The van der Waals surface area contributed by atoms with Gasteiger partial charge in [0.1, 0.15) is 11.9 Å². The lowest BCUT2D eigenvalue weighted by atomic mass is 10.1.